The van der Waals surface area contributed by atoms with E-state index in [4.69, 9.17) is 4.42 Å². The molecule has 0 saturated heterocycles. The summed E-state index contributed by atoms with van der Waals surface area (Å²) in [6.07, 6.45) is 21.6. The number of benzene rings is 2. The highest BCUT2D eigenvalue weighted by atomic mass is 16.3. The van der Waals surface area contributed by atoms with Crippen molar-refractivity contribution in [3.8, 4) is 11.3 Å². The molecule has 0 saturated carbocycles. The van der Waals surface area contributed by atoms with Crippen molar-refractivity contribution in [3.05, 3.63) is 53.6 Å². The van der Waals surface area contributed by atoms with E-state index < -0.39 is 5.41 Å². The van der Waals surface area contributed by atoms with Gasteiger partial charge in [-0.3, -0.25) is 4.79 Å². The summed E-state index contributed by atoms with van der Waals surface area (Å²) >= 11 is 0. The van der Waals surface area contributed by atoms with Gasteiger partial charge in [0.25, 0.3) is 0 Å². The van der Waals surface area contributed by atoms with E-state index in [2.05, 4.69) is 75.1 Å². The highest BCUT2D eigenvalue weighted by molar-refractivity contribution is 6.19. The van der Waals surface area contributed by atoms with Crippen LogP contribution in [0, 0.1) is 0 Å². The Bertz CT molecular complexity index is 1250. The average molecular weight is 586 g/mol. The van der Waals surface area contributed by atoms with Crippen LogP contribution < -0.4 is 4.90 Å². The fourth-order valence-electron chi connectivity index (χ4n) is 7.26. The Morgan fingerprint density at radius 1 is 0.651 bits per heavy atom. The summed E-state index contributed by atoms with van der Waals surface area (Å²) in [4.78, 5) is 17.4. The highest BCUT2D eigenvalue weighted by Gasteiger charge is 2.47. The lowest BCUT2D eigenvalue weighted by molar-refractivity contribution is 0.0854. The molecule has 3 nitrogen and oxygen atoms in total. The monoisotopic (exact) mass is 585 g/mol. The van der Waals surface area contributed by atoms with Crippen LogP contribution in [0.4, 0.5) is 5.69 Å². The molecule has 4 rings (SSSR count). The fraction of sp³-hybridized carbons (Fsp3) is 0.625. The van der Waals surface area contributed by atoms with E-state index in [1.54, 1.807) is 0 Å². The molecule has 0 atom stereocenters. The van der Waals surface area contributed by atoms with E-state index in [1.165, 1.54) is 101 Å². The number of furan rings is 1. The van der Waals surface area contributed by atoms with Crippen molar-refractivity contribution in [1.82, 2.24) is 0 Å². The molecule has 236 valence electrons. The largest absolute Gasteiger partial charge is 0.455 e. The zero-order chi connectivity index (χ0) is 30.5. The molecule has 0 fully saturated rings. The van der Waals surface area contributed by atoms with Gasteiger partial charge in [0.1, 0.15) is 11.3 Å². The van der Waals surface area contributed by atoms with Crippen LogP contribution in [0.25, 0.3) is 22.3 Å². The second-order valence-corrected chi connectivity index (χ2v) is 13.2. The summed E-state index contributed by atoms with van der Waals surface area (Å²) in [6, 6.07) is 15.3. The zero-order valence-electron chi connectivity index (χ0n) is 27.9. The number of rotatable bonds is 21. The molecule has 0 amide bonds. The van der Waals surface area contributed by atoms with Crippen LogP contribution in [-0.4, -0.2) is 18.9 Å². The molecule has 0 bridgehead atoms. The molecule has 0 N–H and O–H groups in total. The van der Waals surface area contributed by atoms with Crippen molar-refractivity contribution < 1.29 is 9.21 Å². The summed E-state index contributed by atoms with van der Waals surface area (Å²) in [5.41, 5.74) is 4.81. The second-order valence-electron chi connectivity index (χ2n) is 13.2. The SMILES string of the molecule is CCCCCCCCC1(CCCCCCCC)C(=O)c2c(oc3cc(N(CCCC)CCCC)ccc23)-c2ccccc21. The van der Waals surface area contributed by atoms with E-state index in [1.807, 2.05) is 0 Å². The number of nitrogens with zero attached hydrogens (tertiary/aromatic N) is 1. The maximum atomic E-state index is 14.9. The van der Waals surface area contributed by atoms with Crippen LogP contribution in [0.1, 0.15) is 159 Å². The van der Waals surface area contributed by atoms with Crippen LogP contribution >= 0.6 is 0 Å². The quantitative estimate of drug-likeness (QED) is 0.117. The number of carbonyl (C=O) groups is 1. The molecule has 0 unspecified atom stereocenters. The van der Waals surface area contributed by atoms with Gasteiger partial charge < -0.3 is 9.32 Å². The number of hydrogen-bond donors (Lipinski definition) is 0. The van der Waals surface area contributed by atoms with Gasteiger partial charge in [-0.25, -0.2) is 0 Å². The van der Waals surface area contributed by atoms with Gasteiger partial charge in [-0.05, 0) is 43.4 Å². The first-order valence-electron chi connectivity index (χ1n) is 18.1. The Hall–Kier alpha value is -2.55. The van der Waals surface area contributed by atoms with Crippen LogP contribution in [0.2, 0.25) is 0 Å². The lowest BCUT2D eigenvalue weighted by Gasteiger charge is -2.38. The van der Waals surface area contributed by atoms with Crippen LogP contribution in [0.5, 0.6) is 0 Å². The predicted molar refractivity (Wildman–Crippen MR) is 186 cm³/mol. The Kier molecular flexibility index (Phi) is 13.2. The van der Waals surface area contributed by atoms with Gasteiger partial charge in [-0.2, -0.15) is 0 Å². The van der Waals surface area contributed by atoms with Crippen molar-refractivity contribution in [1.29, 1.82) is 0 Å². The minimum absolute atomic E-state index is 0.309. The maximum absolute atomic E-state index is 14.9. The van der Waals surface area contributed by atoms with E-state index in [-0.39, 0.29) is 0 Å². The third kappa shape index (κ3) is 7.95. The van der Waals surface area contributed by atoms with Crippen molar-refractivity contribution in [3.63, 3.8) is 0 Å². The number of carbonyl (C=O) groups excluding carboxylic acids is 1. The minimum Gasteiger partial charge on any atom is -0.455 e. The number of Topliss-reactive ketones (excluding diaryl/α,β-unsaturated/α-hetero) is 1. The molecule has 0 aliphatic heterocycles. The Morgan fingerprint density at radius 2 is 1.21 bits per heavy atom. The molecule has 1 aromatic heterocycles. The van der Waals surface area contributed by atoms with E-state index in [0.29, 0.717) is 5.78 Å². The van der Waals surface area contributed by atoms with Gasteiger partial charge in [0.05, 0.1) is 11.0 Å². The van der Waals surface area contributed by atoms with Gasteiger partial charge in [-0.15, -0.1) is 0 Å². The van der Waals surface area contributed by atoms with Crippen molar-refractivity contribution in [2.45, 2.75) is 149 Å². The molecule has 3 aromatic rings. The number of ketones is 1. The molecule has 3 heteroatoms. The first-order chi connectivity index (χ1) is 21.1. The minimum atomic E-state index is -0.455. The molecule has 0 spiro atoms. The molecule has 2 aromatic carbocycles. The van der Waals surface area contributed by atoms with Crippen LogP contribution in [-0.2, 0) is 5.41 Å². The standard InChI is InChI=1S/C40H59NO2/c1-5-9-13-15-17-21-27-40(28-22-18-16-14-10-6-2)35-24-20-19-23-33(35)38-37(39(40)42)34-26-25-32(31-36(34)43-38)41(29-11-7-3)30-12-8-4/h19-20,23-26,31H,5-18,21-22,27-30H2,1-4H3. The van der Waals surface area contributed by atoms with Gasteiger partial charge in [0.2, 0.25) is 0 Å². The lowest BCUT2D eigenvalue weighted by Crippen LogP contribution is -2.39. The zero-order valence-corrected chi connectivity index (χ0v) is 27.9. The number of fused-ring (bicyclic) bond motifs is 5. The topological polar surface area (TPSA) is 33.5 Å². The van der Waals surface area contributed by atoms with Gasteiger partial charge in [0, 0.05) is 35.8 Å². The van der Waals surface area contributed by atoms with Crippen molar-refractivity contribution in [2.24, 2.45) is 0 Å². The highest BCUT2D eigenvalue weighted by Crippen LogP contribution is 2.51. The smallest absolute Gasteiger partial charge is 0.177 e. The summed E-state index contributed by atoms with van der Waals surface area (Å²) < 4.78 is 6.67. The summed E-state index contributed by atoms with van der Waals surface area (Å²) in [6.45, 7) is 11.2. The fourth-order valence-corrected chi connectivity index (χ4v) is 7.26. The van der Waals surface area contributed by atoms with E-state index >= 15 is 0 Å². The molecule has 0 radical (unpaired) electrons. The summed E-state index contributed by atoms with van der Waals surface area (Å²) in [5, 5.41) is 0.999. The maximum Gasteiger partial charge on any atom is 0.177 e. The first-order valence-corrected chi connectivity index (χ1v) is 18.1. The van der Waals surface area contributed by atoms with Gasteiger partial charge >= 0.3 is 0 Å². The first kappa shape index (κ1) is 33.3. The van der Waals surface area contributed by atoms with Gasteiger partial charge in [0.15, 0.2) is 5.78 Å². The van der Waals surface area contributed by atoms with Crippen LogP contribution in [0.15, 0.2) is 46.9 Å². The Balaban J connectivity index is 1.70. The molecule has 43 heavy (non-hydrogen) atoms. The third-order valence-electron chi connectivity index (χ3n) is 9.87. The normalized spacial score (nSPS) is 13.8. The number of anilines is 1. The third-order valence-corrected chi connectivity index (χ3v) is 9.87. The Labute approximate surface area is 262 Å². The summed E-state index contributed by atoms with van der Waals surface area (Å²) in [7, 11) is 0. The van der Waals surface area contributed by atoms with Crippen molar-refractivity contribution in [2.75, 3.05) is 18.0 Å². The van der Waals surface area contributed by atoms with Crippen LogP contribution in [0.3, 0.4) is 0 Å². The molecular weight excluding hydrogens is 526 g/mol. The number of unbranched alkanes of at least 4 members (excludes halogenated alkanes) is 12. The Morgan fingerprint density at radius 3 is 1.81 bits per heavy atom. The molecule has 1 aliphatic rings. The van der Waals surface area contributed by atoms with Gasteiger partial charge in [-0.1, -0.05) is 142 Å². The second kappa shape index (κ2) is 17.1. The van der Waals surface area contributed by atoms with E-state index in [0.717, 1.165) is 66.6 Å². The van der Waals surface area contributed by atoms with E-state index in [9.17, 15) is 4.79 Å². The molecule has 1 heterocycles. The molecule has 1 aliphatic carbocycles. The van der Waals surface area contributed by atoms with Crippen molar-refractivity contribution >= 4 is 22.4 Å². The summed E-state index contributed by atoms with van der Waals surface area (Å²) in [5.74, 6) is 1.10. The lowest BCUT2D eigenvalue weighted by atomic mass is 9.63. The average Bonchev–Trinajstić information content (AvgIpc) is 3.42. The number of hydrogen-bond acceptors (Lipinski definition) is 3. The predicted octanol–water partition coefficient (Wildman–Crippen LogP) is 12.4. The molecular formula is C40H59NO2.